The maximum absolute atomic E-state index is 12.9. The Bertz CT molecular complexity index is 951. The van der Waals surface area contributed by atoms with Crippen LogP contribution in [-0.2, 0) is 19.1 Å². The highest BCUT2D eigenvalue weighted by Crippen LogP contribution is 2.65. The fourth-order valence-corrected chi connectivity index (χ4v) is 6.16. The zero-order valence-electron chi connectivity index (χ0n) is 17.7. The number of unbranched alkanes of at least 4 members (excludes halogenated alkanes) is 2. The van der Waals surface area contributed by atoms with Gasteiger partial charge in [-0.05, 0) is 55.1 Å². The molecule has 5 aliphatic rings. The van der Waals surface area contributed by atoms with E-state index in [2.05, 4.69) is 28.1 Å². The van der Waals surface area contributed by atoms with Crippen LogP contribution in [-0.4, -0.2) is 41.6 Å². The standard InChI is InChI=1S/C25H26BrNO5/c26-15-7-5-14(6-8-15)20(28)13-32-21(29)4-2-1-3-11-27-24(30)22-16-9-10-17(19-12-18(16)19)23(22)25(27)31/h5-10,16-19,22-23H,1-4,11-13H2/t16-,17+,18-,19+,22-,23+. The van der Waals surface area contributed by atoms with Crippen LogP contribution in [0, 0.1) is 35.5 Å². The van der Waals surface area contributed by atoms with E-state index in [0.717, 1.165) is 10.9 Å². The average molecular weight is 500 g/mol. The van der Waals surface area contributed by atoms with Gasteiger partial charge < -0.3 is 4.74 Å². The number of imide groups is 1. The minimum absolute atomic E-state index is 0.00978. The van der Waals surface area contributed by atoms with Crippen LogP contribution in [0.5, 0.6) is 0 Å². The molecule has 168 valence electrons. The first-order chi connectivity index (χ1) is 15.5. The monoisotopic (exact) mass is 499 g/mol. The van der Waals surface area contributed by atoms with Crippen molar-refractivity contribution in [1.29, 1.82) is 0 Å². The summed E-state index contributed by atoms with van der Waals surface area (Å²) >= 11 is 3.31. The van der Waals surface area contributed by atoms with Gasteiger partial charge >= 0.3 is 5.97 Å². The first-order valence-electron chi connectivity index (χ1n) is 11.4. The van der Waals surface area contributed by atoms with Gasteiger partial charge in [0.1, 0.15) is 0 Å². The molecule has 1 aromatic rings. The van der Waals surface area contributed by atoms with Gasteiger partial charge in [0.2, 0.25) is 11.8 Å². The van der Waals surface area contributed by atoms with E-state index >= 15 is 0 Å². The van der Waals surface area contributed by atoms with Gasteiger partial charge in [-0.3, -0.25) is 24.1 Å². The molecular weight excluding hydrogens is 474 g/mol. The molecule has 0 spiro atoms. The molecule has 3 fully saturated rings. The van der Waals surface area contributed by atoms with E-state index in [4.69, 9.17) is 4.74 Å². The Morgan fingerprint density at radius 3 is 2.19 bits per heavy atom. The summed E-state index contributed by atoms with van der Waals surface area (Å²) in [7, 11) is 0. The molecule has 6 rings (SSSR count). The van der Waals surface area contributed by atoms with Crippen LogP contribution in [0.2, 0.25) is 0 Å². The SMILES string of the molecule is O=C(CCCCCN1C(=O)[C@@H]2[C@@H]3C=C[C@@H]([C@@H]4C[C@H]34)[C@@H]2C1=O)OCC(=O)c1ccc(Br)cc1. The molecule has 2 bridgehead atoms. The summed E-state index contributed by atoms with van der Waals surface area (Å²) in [5, 5.41) is 0. The molecule has 1 heterocycles. The summed E-state index contributed by atoms with van der Waals surface area (Å²) in [5.74, 6) is 0.841. The highest BCUT2D eigenvalue weighted by molar-refractivity contribution is 9.10. The average Bonchev–Trinajstić information content (AvgIpc) is 3.57. The number of carbonyl (C=O) groups is 4. The summed E-state index contributed by atoms with van der Waals surface area (Å²) in [5.41, 5.74) is 0.502. The summed E-state index contributed by atoms with van der Waals surface area (Å²) in [6, 6.07) is 6.90. The largest absolute Gasteiger partial charge is 0.457 e. The molecule has 0 radical (unpaired) electrons. The first-order valence-corrected chi connectivity index (χ1v) is 12.2. The topological polar surface area (TPSA) is 80.8 Å². The van der Waals surface area contributed by atoms with Crippen molar-refractivity contribution in [1.82, 2.24) is 4.90 Å². The summed E-state index contributed by atoms with van der Waals surface area (Å²) < 4.78 is 5.96. The third-order valence-corrected chi connectivity index (χ3v) is 8.08. The van der Waals surface area contributed by atoms with Gasteiger partial charge in [0.05, 0.1) is 11.8 Å². The van der Waals surface area contributed by atoms with E-state index < -0.39 is 5.97 Å². The number of likely N-dealkylation sites (tertiary alicyclic amines) is 1. The minimum atomic E-state index is -0.406. The van der Waals surface area contributed by atoms with Gasteiger partial charge in [0.25, 0.3) is 0 Å². The fourth-order valence-electron chi connectivity index (χ4n) is 5.89. The van der Waals surface area contributed by atoms with Gasteiger partial charge in [-0.25, -0.2) is 0 Å². The summed E-state index contributed by atoms with van der Waals surface area (Å²) in [6.45, 7) is 0.162. The highest BCUT2D eigenvalue weighted by Gasteiger charge is 2.66. The van der Waals surface area contributed by atoms with Crippen LogP contribution in [0.3, 0.4) is 0 Å². The molecule has 4 aliphatic carbocycles. The minimum Gasteiger partial charge on any atom is -0.457 e. The zero-order chi connectivity index (χ0) is 22.4. The van der Waals surface area contributed by atoms with Crippen molar-refractivity contribution >= 4 is 39.5 Å². The molecule has 6 nitrogen and oxygen atoms in total. The molecule has 0 N–H and O–H groups in total. The van der Waals surface area contributed by atoms with Crippen molar-refractivity contribution in [3.63, 3.8) is 0 Å². The Kier molecular flexibility index (Phi) is 5.78. The van der Waals surface area contributed by atoms with E-state index in [0.29, 0.717) is 36.8 Å². The lowest BCUT2D eigenvalue weighted by Gasteiger charge is -2.37. The second-order valence-corrected chi connectivity index (χ2v) is 10.3. The van der Waals surface area contributed by atoms with E-state index in [1.165, 1.54) is 11.3 Å². The van der Waals surface area contributed by atoms with E-state index in [1.807, 2.05) is 0 Å². The molecule has 2 saturated carbocycles. The number of Topliss-reactive ketones (excluding diaryl/α,β-unsaturated/α-hetero) is 1. The number of rotatable bonds is 9. The molecule has 1 aromatic carbocycles. The Labute approximate surface area is 195 Å². The zero-order valence-corrected chi connectivity index (χ0v) is 19.3. The number of carbonyl (C=O) groups excluding carboxylic acids is 4. The molecule has 0 aromatic heterocycles. The smallest absolute Gasteiger partial charge is 0.306 e. The third kappa shape index (κ3) is 3.85. The number of amides is 2. The van der Waals surface area contributed by atoms with Crippen LogP contribution >= 0.6 is 15.9 Å². The second kappa shape index (κ2) is 8.58. The molecule has 7 heteroatoms. The Morgan fingerprint density at radius 2 is 1.56 bits per heavy atom. The van der Waals surface area contributed by atoms with Crippen LogP contribution in [0.4, 0.5) is 0 Å². The fraction of sp³-hybridized carbons (Fsp3) is 0.520. The van der Waals surface area contributed by atoms with E-state index in [9.17, 15) is 19.2 Å². The Morgan fingerprint density at radius 1 is 0.938 bits per heavy atom. The number of hydrogen-bond donors (Lipinski definition) is 0. The van der Waals surface area contributed by atoms with Gasteiger partial charge in [-0.2, -0.15) is 0 Å². The summed E-state index contributed by atoms with van der Waals surface area (Å²) in [6.07, 6.45) is 7.75. The molecule has 1 aliphatic heterocycles. The second-order valence-electron chi connectivity index (χ2n) is 9.38. The van der Waals surface area contributed by atoms with Crippen LogP contribution in [0.1, 0.15) is 42.5 Å². The number of ketones is 1. The molecule has 1 saturated heterocycles. The third-order valence-electron chi connectivity index (χ3n) is 7.55. The number of esters is 1. The first kappa shape index (κ1) is 21.6. The molecule has 0 unspecified atom stereocenters. The van der Waals surface area contributed by atoms with Crippen molar-refractivity contribution in [2.45, 2.75) is 32.1 Å². The number of nitrogens with zero attached hydrogens (tertiary/aromatic N) is 1. The number of hydrogen-bond acceptors (Lipinski definition) is 5. The van der Waals surface area contributed by atoms with Crippen molar-refractivity contribution < 1.29 is 23.9 Å². The Hall–Kier alpha value is -2.28. The quantitative estimate of drug-likeness (QED) is 0.170. The molecule has 6 atom stereocenters. The predicted octanol–water partition coefficient (Wildman–Crippen LogP) is 3.79. The van der Waals surface area contributed by atoms with Crippen molar-refractivity contribution in [3.8, 4) is 0 Å². The number of ether oxygens (including phenoxy) is 1. The van der Waals surface area contributed by atoms with Gasteiger partial charge in [0, 0.05) is 23.0 Å². The lowest BCUT2D eigenvalue weighted by Crippen LogP contribution is -2.40. The van der Waals surface area contributed by atoms with Crippen molar-refractivity contribution in [3.05, 3.63) is 46.5 Å². The molecule has 32 heavy (non-hydrogen) atoms. The van der Waals surface area contributed by atoms with Crippen LogP contribution in [0.25, 0.3) is 0 Å². The van der Waals surface area contributed by atoms with Crippen LogP contribution in [0.15, 0.2) is 40.9 Å². The number of benzene rings is 1. The Balaban J connectivity index is 1.02. The number of halogens is 1. The lowest BCUT2D eigenvalue weighted by molar-refractivity contribution is -0.143. The maximum atomic E-state index is 12.9. The van der Waals surface area contributed by atoms with Crippen molar-refractivity contribution in [2.24, 2.45) is 35.5 Å². The summed E-state index contributed by atoms with van der Waals surface area (Å²) in [4.78, 5) is 51.3. The van der Waals surface area contributed by atoms with Crippen LogP contribution < -0.4 is 0 Å². The lowest BCUT2D eigenvalue weighted by atomic mass is 9.63. The number of allylic oxidation sites excluding steroid dienone is 2. The van der Waals surface area contributed by atoms with Gasteiger partial charge in [-0.15, -0.1) is 0 Å². The predicted molar refractivity (Wildman–Crippen MR) is 119 cm³/mol. The normalized spacial score (nSPS) is 31.5. The molecule has 2 amide bonds. The van der Waals surface area contributed by atoms with Gasteiger partial charge in [0.15, 0.2) is 12.4 Å². The van der Waals surface area contributed by atoms with Gasteiger partial charge in [-0.1, -0.05) is 46.6 Å². The van der Waals surface area contributed by atoms with E-state index in [1.54, 1.807) is 24.3 Å². The maximum Gasteiger partial charge on any atom is 0.306 e. The van der Waals surface area contributed by atoms with E-state index in [-0.39, 0.29) is 54.3 Å². The molecular formula is C25H26BrNO5. The van der Waals surface area contributed by atoms with Crippen molar-refractivity contribution in [2.75, 3.05) is 13.2 Å². The highest BCUT2D eigenvalue weighted by atomic mass is 79.9.